The number of nitrogens with one attached hydrogen (secondary N) is 1. The Labute approximate surface area is 122 Å². The van der Waals surface area contributed by atoms with Crippen molar-refractivity contribution in [3.05, 3.63) is 21.9 Å². The van der Waals surface area contributed by atoms with Crippen molar-refractivity contribution < 1.29 is 0 Å². The molecule has 0 aromatic carbocycles. The lowest BCUT2D eigenvalue weighted by Crippen LogP contribution is -2.24. The van der Waals surface area contributed by atoms with Crippen molar-refractivity contribution in [3.63, 3.8) is 0 Å². The summed E-state index contributed by atoms with van der Waals surface area (Å²) in [5, 5.41) is 6.04. The third-order valence-electron chi connectivity index (χ3n) is 4.40. The minimum absolute atomic E-state index is 0.600. The maximum Gasteiger partial charge on any atom is 0.0420 e. The molecule has 1 aromatic rings. The van der Waals surface area contributed by atoms with Crippen LogP contribution in [0.2, 0.25) is 0 Å². The second-order valence-electron chi connectivity index (χ2n) is 6.07. The quantitative estimate of drug-likeness (QED) is 0.682. The zero-order valence-electron chi connectivity index (χ0n) is 12.6. The van der Waals surface area contributed by atoms with Crippen LogP contribution in [0.15, 0.2) is 11.4 Å². The predicted molar refractivity (Wildman–Crippen MR) is 85.9 cm³/mol. The van der Waals surface area contributed by atoms with E-state index in [0.29, 0.717) is 6.04 Å². The topological polar surface area (TPSA) is 12.0 Å². The van der Waals surface area contributed by atoms with E-state index in [1.165, 1.54) is 56.9 Å². The molecule has 0 amide bonds. The zero-order chi connectivity index (χ0) is 13.5. The predicted octanol–water partition coefficient (Wildman–Crippen LogP) is 5.46. The van der Waals surface area contributed by atoms with Gasteiger partial charge in [0.25, 0.3) is 0 Å². The summed E-state index contributed by atoms with van der Waals surface area (Å²) in [6.45, 7) is 5.67. The molecule has 0 bridgehead atoms. The molecule has 1 fully saturated rings. The Morgan fingerprint density at radius 1 is 1.26 bits per heavy atom. The Balaban J connectivity index is 1.98. The van der Waals surface area contributed by atoms with Crippen molar-refractivity contribution >= 4 is 11.3 Å². The van der Waals surface area contributed by atoms with Gasteiger partial charge in [0.15, 0.2) is 0 Å². The Kier molecular flexibility index (Phi) is 6.39. The molecule has 0 radical (unpaired) electrons. The van der Waals surface area contributed by atoms with E-state index in [4.69, 9.17) is 0 Å². The van der Waals surface area contributed by atoms with Crippen LogP contribution in [0.5, 0.6) is 0 Å². The van der Waals surface area contributed by atoms with E-state index >= 15 is 0 Å². The molecule has 1 atom stereocenters. The van der Waals surface area contributed by atoms with Gasteiger partial charge in [-0.1, -0.05) is 45.4 Å². The largest absolute Gasteiger partial charge is 0.309 e. The highest BCUT2D eigenvalue weighted by atomic mass is 32.1. The van der Waals surface area contributed by atoms with Crippen molar-refractivity contribution in [2.24, 2.45) is 5.92 Å². The van der Waals surface area contributed by atoms with Crippen LogP contribution >= 0.6 is 11.3 Å². The summed E-state index contributed by atoms with van der Waals surface area (Å²) in [6, 6.07) is 2.87. The SMILES string of the molecule is CCCNC(CC1CCCCCC1)c1sccc1C. The van der Waals surface area contributed by atoms with E-state index in [1.54, 1.807) is 4.88 Å². The minimum atomic E-state index is 0.600. The number of hydrogen-bond donors (Lipinski definition) is 1. The minimum Gasteiger partial charge on any atom is -0.309 e. The fourth-order valence-electron chi connectivity index (χ4n) is 3.28. The molecule has 1 nitrogen and oxygen atoms in total. The second-order valence-corrected chi connectivity index (χ2v) is 7.02. The molecule has 19 heavy (non-hydrogen) atoms. The Bertz CT molecular complexity index is 350. The number of aryl methyl sites for hydroxylation is 1. The molecule has 2 heteroatoms. The van der Waals surface area contributed by atoms with Gasteiger partial charge in [-0.05, 0) is 49.2 Å². The molecular formula is C17H29NS. The molecule has 1 heterocycles. The lowest BCUT2D eigenvalue weighted by Gasteiger charge is -2.23. The van der Waals surface area contributed by atoms with Crippen LogP contribution in [0.25, 0.3) is 0 Å². The van der Waals surface area contributed by atoms with Crippen molar-refractivity contribution in [3.8, 4) is 0 Å². The summed E-state index contributed by atoms with van der Waals surface area (Å²) in [7, 11) is 0. The van der Waals surface area contributed by atoms with Crippen LogP contribution in [0.4, 0.5) is 0 Å². The summed E-state index contributed by atoms with van der Waals surface area (Å²) in [5.41, 5.74) is 1.48. The third kappa shape index (κ3) is 4.61. The molecule has 1 saturated carbocycles. The maximum atomic E-state index is 3.79. The molecule has 2 rings (SSSR count). The molecule has 1 aromatic heterocycles. The monoisotopic (exact) mass is 279 g/mol. The van der Waals surface area contributed by atoms with Crippen LogP contribution < -0.4 is 5.32 Å². The van der Waals surface area contributed by atoms with Gasteiger partial charge < -0.3 is 5.32 Å². The Morgan fingerprint density at radius 2 is 2.00 bits per heavy atom. The smallest absolute Gasteiger partial charge is 0.0420 e. The first kappa shape index (κ1) is 15.1. The van der Waals surface area contributed by atoms with E-state index in [0.717, 1.165) is 12.5 Å². The van der Waals surface area contributed by atoms with Crippen LogP contribution in [-0.2, 0) is 0 Å². The summed E-state index contributed by atoms with van der Waals surface area (Å²) in [5.74, 6) is 0.943. The highest BCUT2D eigenvalue weighted by Gasteiger charge is 2.21. The van der Waals surface area contributed by atoms with Crippen LogP contribution in [0.1, 0.15) is 74.8 Å². The molecule has 1 aliphatic carbocycles. The highest BCUT2D eigenvalue weighted by molar-refractivity contribution is 7.10. The number of hydrogen-bond acceptors (Lipinski definition) is 2. The summed E-state index contributed by atoms with van der Waals surface area (Å²) in [6.07, 6.45) is 11.3. The van der Waals surface area contributed by atoms with Gasteiger partial charge in [-0.25, -0.2) is 0 Å². The summed E-state index contributed by atoms with van der Waals surface area (Å²) < 4.78 is 0. The van der Waals surface area contributed by atoms with Gasteiger partial charge in [0.1, 0.15) is 0 Å². The molecule has 0 saturated heterocycles. The normalized spacial score (nSPS) is 19.3. The van der Waals surface area contributed by atoms with Gasteiger partial charge in [-0.2, -0.15) is 0 Å². The zero-order valence-corrected chi connectivity index (χ0v) is 13.4. The van der Waals surface area contributed by atoms with E-state index in [9.17, 15) is 0 Å². The fraction of sp³-hybridized carbons (Fsp3) is 0.765. The van der Waals surface area contributed by atoms with Crippen LogP contribution in [0, 0.1) is 12.8 Å². The average molecular weight is 279 g/mol. The van der Waals surface area contributed by atoms with Crippen molar-refractivity contribution in [2.75, 3.05) is 6.54 Å². The molecular weight excluding hydrogens is 250 g/mol. The second kappa shape index (κ2) is 8.06. The van der Waals surface area contributed by atoms with Crippen LogP contribution in [-0.4, -0.2) is 6.54 Å². The van der Waals surface area contributed by atoms with Gasteiger partial charge in [-0.3, -0.25) is 0 Å². The summed E-state index contributed by atoms with van der Waals surface area (Å²) in [4.78, 5) is 1.58. The molecule has 1 aliphatic rings. The number of thiophene rings is 1. The maximum absolute atomic E-state index is 3.79. The molecule has 1 N–H and O–H groups in total. The fourth-order valence-corrected chi connectivity index (χ4v) is 4.29. The van der Waals surface area contributed by atoms with Crippen molar-refractivity contribution in [1.82, 2.24) is 5.32 Å². The van der Waals surface area contributed by atoms with E-state index in [2.05, 4.69) is 30.6 Å². The van der Waals surface area contributed by atoms with Crippen LogP contribution in [0.3, 0.4) is 0 Å². The molecule has 0 spiro atoms. The summed E-state index contributed by atoms with van der Waals surface area (Å²) >= 11 is 1.94. The molecule has 1 unspecified atom stereocenters. The van der Waals surface area contributed by atoms with Gasteiger partial charge in [0.2, 0.25) is 0 Å². The van der Waals surface area contributed by atoms with E-state index < -0.39 is 0 Å². The van der Waals surface area contributed by atoms with Crippen molar-refractivity contribution in [1.29, 1.82) is 0 Å². The first-order valence-corrected chi connectivity index (χ1v) is 8.96. The molecule has 0 aliphatic heterocycles. The Hall–Kier alpha value is -0.340. The number of rotatable bonds is 6. The lowest BCUT2D eigenvalue weighted by molar-refractivity contribution is 0.358. The van der Waals surface area contributed by atoms with Gasteiger partial charge in [0.05, 0.1) is 0 Å². The van der Waals surface area contributed by atoms with E-state index in [1.807, 2.05) is 11.3 Å². The average Bonchev–Trinajstić information content (AvgIpc) is 2.68. The third-order valence-corrected chi connectivity index (χ3v) is 5.54. The Morgan fingerprint density at radius 3 is 2.58 bits per heavy atom. The van der Waals surface area contributed by atoms with Gasteiger partial charge in [0, 0.05) is 10.9 Å². The van der Waals surface area contributed by atoms with Crippen molar-refractivity contribution in [2.45, 2.75) is 71.3 Å². The van der Waals surface area contributed by atoms with Gasteiger partial charge in [-0.15, -0.1) is 11.3 Å². The first-order valence-electron chi connectivity index (χ1n) is 8.08. The first-order chi connectivity index (χ1) is 9.31. The van der Waals surface area contributed by atoms with E-state index in [-0.39, 0.29) is 0 Å². The standard InChI is InChI=1S/C17H29NS/c1-3-11-18-16(17-14(2)10-12-19-17)13-15-8-6-4-5-7-9-15/h10,12,15-16,18H,3-9,11,13H2,1-2H3. The lowest BCUT2D eigenvalue weighted by atomic mass is 9.91. The highest BCUT2D eigenvalue weighted by Crippen LogP contribution is 2.34. The molecule has 108 valence electrons. The van der Waals surface area contributed by atoms with Gasteiger partial charge >= 0.3 is 0 Å².